The molecule has 0 amide bonds. The third-order valence-electron chi connectivity index (χ3n) is 4.20. The molecule has 0 N–H and O–H groups in total. The second-order valence-electron chi connectivity index (χ2n) is 5.91. The molecule has 26 heavy (non-hydrogen) atoms. The van der Waals surface area contributed by atoms with Crippen molar-refractivity contribution in [2.75, 3.05) is 0 Å². The summed E-state index contributed by atoms with van der Waals surface area (Å²) < 4.78 is 15.5. The Morgan fingerprint density at radius 3 is 2.54 bits per heavy atom. The van der Waals surface area contributed by atoms with Crippen molar-refractivity contribution in [3.63, 3.8) is 0 Å². The molecule has 0 aliphatic carbocycles. The standard InChI is InChI=1S/C21H15Cl2FN2/c1-13-9-16(10-17(12-25)15-5-3-6-18(24)11-15)14(2)26(13)20-8-4-7-19(22)21(20)23/h3-11H,1-2H3/b17-10-. The molecule has 0 atom stereocenters. The molecule has 5 heteroatoms. The first-order valence-corrected chi connectivity index (χ1v) is 8.69. The van der Waals surface area contributed by atoms with Gasteiger partial charge in [-0.2, -0.15) is 5.26 Å². The zero-order valence-corrected chi connectivity index (χ0v) is 15.7. The number of allylic oxidation sites excluding steroid dienone is 1. The van der Waals surface area contributed by atoms with Crippen molar-refractivity contribution in [3.8, 4) is 11.8 Å². The molecule has 0 unspecified atom stereocenters. The second-order valence-corrected chi connectivity index (χ2v) is 6.70. The van der Waals surface area contributed by atoms with Crippen LogP contribution in [0, 0.1) is 31.0 Å². The van der Waals surface area contributed by atoms with Gasteiger partial charge in [-0.1, -0.05) is 41.4 Å². The summed E-state index contributed by atoms with van der Waals surface area (Å²) in [6.07, 6.45) is 1.76. The lowest BCUT2D eigenvalue weighted by Crippen LogP contribution is -2.00. The van der Waals surface area contributed by atoms with Crippen molar-refractivity contribution in [1.29, 1.82) is 5.26 Å². The quantitative estimate of drug-likeness (QED) is 0.467. The summed E-state index contributed by atoms with van der Waals surface area (Å²) >= 11 is 12.5. The number of rotatable bonds is 3. The van der Waals surface area contributed by atoms with Crippen molar-refractivity contribution in [1.82, 2.24) is 4.57 Å². The van der Waals surface area contributed by atoms with Crippen molar-refractivity contribution < 1.29 is 4.39 Å². The molecule has 0 aliphatic rings. The van der Waals surface area contributed by atoms with Gasteiger partial charge in [0.05, 0.1) is 27.4 Å². The lowest BCUT2D eigenvalue weighted by atomic mass is 10.0. The van der Waals surface area contributed by atoms with Gasteiger partial charge in [0.15, 0.2) is 0 Å². The number of nitrogens with zero attached hydrogens (tertiary/aromatic N) is 2. The van der Waals surface area contributed by atoms with Crippen molar-refractivity contribution in [2.24, 2.45) is 0 Å². The number of halogens is 3. The number of aryl methyl sites for hydroxylation is 1. The molecule has 2 aromatic carbocycles. The van der Waals surface area contributed by atoms with Gasteiger partial charge in [-0.15, -0.1) is 0 Å². The van der Waals surface area contributed by atoms with Gasteiger partial charge < -0.3 is 4.57 Å². The highest BCUT2D eigenvalue weighted by atomic mass is 35.5. The van der Waals surface area contributed by atoms with Gasteiger partial charge in [-0.25, -0.2) is 4.39 Å². The van der Waals surface area contributed by atoms with Gasteiger partial charge in [0.25, 0.3) is 0 Å². The topological polar surface area (TPSA) is 28.7 Å². The summed E-state index contributed by atoms with van der Waals surface area (Å²) in [6, 6.07) is 15.6. The minimum Gasteiger partial charge on any atom is -0.316 e. The van der Waals surface area contributed by atoms with Crippen LogP contribution in [0.2, 0.25) is 10.0 Å². The first-order valence-electron chi connectivity index (χ1n) is 7.93. The fourth-order valence-corrected chi connectivity index (χ4v) is 3.34. The average Bonchev–Trinajstić information content (AvgIpc) is 2.89. The van der Waals surface area contributed by atoms with Crippen LogP contribution in [-0.2, 0) is 0 Å². The number of benzene rings is 2. The van der Waals surface area contributed by atoms with E-state index in [0.29, 0.717) is 21.2 Å². The SMILES string of the molecule is Cc1cc(/C=C(/C#N)c2cccc(F)c2)c(C)n1-c1cccc(Cl)c1Cl. The lowest BCUT2D eigenvalue weighted by molar-refractivity contribution is 0.627. The Morgan fingerprint density at radius 1 is 1.12 bits per heavy atom. The van der Waals surface area contributed by atoms with Crippen LogP contribution in [0.15, 0.2) is 48.5 Å². The smallest absolute Gasteiger partial charge is 0.123 e. The van der Waals surface area contributed by atoms with E-state index < -0.39 is 0 Å². The van der Waals surface area contributed by atoms with E-state index in [2.05, 4.69) is 6.07 Å². The third kappa shape index (κ3) is 3.39. The van der Waals surface area contributed by atoms with E-state index in [1.54, 1.807) is 24.3 Å². The molecule has 0 saturated carbocycles. The molecule has 0 aliphatic heterocycles. The van der Waals surface area contributed by atoms with Gasteiger partial charge in [0.1, 0.15) is 5.82 Å². The summed E-state index contributed by atoms with van der Waals surface area (Å²) in [4.78, 5) is 0. The van der Waals surface area contributed by atoms with Crippen LogP contribution in [0.4, 0.5) is 4.39 Å². The Labute approximate surface area is 161 Å². The van der Waals surface area contributed by atoms with E-state index >= 15 is 0 Å². The monoisotopic (exact) mass is 384 g/mol. The molecular weight excluding hydrogens is 370 g/mol. The van der Waals surface area contributed by atoms with Gasteiger partial charge >= 0.3 is 0 Å². The van der Waals surface area contributed by atoms with Crippen LogP contribution in [0.1, 0.15) is 22.5 Å². The highest BCUT2D eigenvalue weighted by molar-refractivity contribution is 6.43. The van der Waals surface area contributed by atoms with Crippen LogP contribution in [0.5, 0.6) is 0 Å². The van der Waals surface area contributed by atoms with Crippen LogP contribution in [-0.4, -0.2) is 4.57 Å². The van der Waals surface area contributed by atoms with Crippen LogP contribution >= 0.6 is 23.2 Å². The Kier molecular flexibility index (Phi) is 5.18. The predicted molar refractivity (Wildman–Crippen MR) is 105 cm³/mol. The van der Waals surface area contributed by atoms with Crippen LogP contribution in [0.25, 0.3) is 17.3 Å². The zero-order chi connectivity index (χ0) is 18.8. The molecule has 0 fully saturated rings. The summed E-state index contributed by atoms with van der Waals surface area (Å²) in [5.41, 5.74) is 4.43. The van der Waals surface area contributed by atoms with E-state index in [1.165, 1.54) is 12.1 Å². The molecule has 0 bridgehead atoms. The minimum atomic E-state index is -0.375. The Morgan fingerprint density at radius 2 is 1.85 bits per heavy atom. The van der Waals surface area contributed by atoms with Crippen molar-refractivity contribution >= 4 is 34.9 Å². The Hall–Kier alpha value is -2.54. The molecular formula is C21H15Cl2FN2. The van der Waals surface area contributed by atoms with E-state index in [1.807, 2.05) is 36.6 Å². The van der Waals surface area contributed by atoms with Crippen molar-refractivity contribution in [3.05, 3.63) is 86.9 Å². The van der Waals surface area contributed by atoms with E-state index in [0.717, 1.165) is 22.6 Å². The van der Waals surface area contributed by atoms with Gasteiger partial charge in [-0.05, 0) is 61.4 Å². The maximum atomic E-state index is 13.5. The second kappa shape index (κ2) is 7.37. The van der Waals surface area contributed by atoms with Crippen LogP contribution < -0.4 is 0 Å². The lowest BCUT2D eigenvalue weighted by Gasteiger charge is -2.12. The largest absolute Gasteiger partial charge is 0.316 e. The first-order chi connectivity index (χ1) is 12.4. The maximum absolute atomic E-state index is 13.5. The molecule has 3 rings (SSSR count). The molecule has 1 aromatic heterocycles. The van der Waals surface area contributed by atoms with E-state index in [-0.39, 0.29) is 5.82 Å². The van der Waals surface area contributed by atoms with E-state index in [9.17, 15) is 9.65 Å². The highest BCUT2D eigenvalue weighted by Crippen LogP contribution is 2.32. The fraction of sp³-hybridized carbons (Fsp3) is 0.0952. The summed E-state index contributed by atoms with van der Waals surface area (Å²) in [6.45, 7) is 3.90. The molecule has 2 nitrogen and oxygen atoms in total. The number of hydrogen-bond donors (Lipinski definition) is 0. The Bertz CT molecular complexity index is 1060. The predicted octanol–water partition coefficient (Wildman–Crippen LogP) is 6.60. The summed E-state index contributed by atoms with van der Waals surface area (Å²) in [7, 11) is 0. The van der Waals surface area contributed by atoms with E-state index in [4.69, 9.17) is 23.2 Å². The van der Waals surface area contributed by atoms with Crippen molar-refractivity contribution in [2.45, 2.75) is 13.8 Å². The third-order valence-corrected chi connectivity index (χ3v) is 5.01. The fourth-order valence-electron chi connectivity index (χ4n) is 2.96. The Balaban J connectivity index is 2.14. The average molecular weight is 385 g/mol. The van der Waals surface area contributed by atoms with Gasteiger partial charge in [0, 0.05) is 11.4 Å². The maximum Gasteiger partial charge on any atom is 0.123 e. The summed E-state index contributed by atoms with van der Waals surface area (Å²) in [5.74, 6) is -0.375. The van der Waals surface area contributed by atoms with Gasteiger partial charge in [-0.3, -0.25) is 0 Å². The highest BCUT2D eigenvalue weighted by Gasteiger charge is 2.14. The number of aromatic nitrogens is 1. The first kappa shape index (κ1) is 18.3. The molecule has 3 aromatic rings. The van der Waals surface area contributed by atoms with Crippen LogP contribution in [0.3, 0.4) is 0 Å². The molecule has 1 heterocycles. The minimum absolute atomic E-state index is 0.375. The summed E-state index contributed by atoms with van der Waals surface area (Å²) in [5, 5.41) is 10.5. The molecule has 0 radical (unpaired) electrons. The molecule has 0 saturated heterocycles. The zero-order valence-electron chi connectivity index (χ0n) is 14.2. The van der Waals surface area contributed by atoms with Gasteiger partial charge in [0.2, 0.25) is 0 Å². The number of nitriles is 1. The normalized spacial score (nSPS) is 11.5. The molecule has 0 spiro atoms. The molecule has 130 valence electrons. The number of hydrogen-bond acceptors (Lipinski definition) is 1.